The zero-order chi connectivity index (χ0) is 16.4. The van der Waals surface area contributed by atoms with Crippen molar-refractivity contribution in [1.82, 2.24) is 0 Å². The van der Waals surface area contributed by atoms with Gasteiger partial charge in [-0.25, -0.2) is 0 Å². The molecule has 0 spiro atoms. The van der Waals surface area contributed by atoms with Crippen molar-refractivity contribution < 1.29 is 4.74 Å². The number of hydrogen-bond acceptors (Lipinski definition) is 1. The Labute approximate surface area is 145 Å². The van der Waals surface area contributed by atoms with Crippen LogP contribution in [0, 0.1) is 5.92 Å². The number of rotatable bonds is 4. The first kappa shape index (κ1) is 15.7. The molecule has 0 saturated heterocycles. The Kier molecular flexibility index (Phi) is 4.28. The van der Waals surface area contributed by atoms with E-state index < -0.39 is 0 Å². The molecule has 0 aliphatic heterocycles. The summed E-state index contributed by atoms with van der Waals surface area (Å²) in [6, 6.07) is 21.9. The Morgan fingerprint density at radius 1 is 0.875 bits per heavy atom. The van der Waals surface area contributed by atoms with Crippen LogP contribution in [0.5, 0.6) is 0 Å². The molecule has 2 aromatic rings. The standard InChI is InChI=1S/C23H26O/c1-24-23(19-12-6-3-7-13-19)17-9-16-22(23)21-15-8-14-20(21)18-10-4-2-5-11-18/h2-7,10-13,22H,8-9,14-17H2,1H3. The van der Waals surface area contributed by atoms with Crippen LogP contribution in [0.3, 0.4) is 0 Å². The van der Waals surface area contributed by atoms with Crippen LogP contribution in [0.1, 0.15) is 49.7 Å². The van der Waals surface area contributed by atoms with Crippen molar-refractivity contribution in [2.75, 3.05) is 7.11 Å². The third-order valence-electron chi connectivity index (χ3n) is 6.03. The average Bonchev–Trinajstić information content (AvgIpc) is 3.30. The van der Waals surface area contributed by atoms with Gasteiger partial charge in [-0.05, 0) is 55.2 Å². The summed E-state index contributed by atoms with van der Waals surface area (Å²) in [6.45, 7) is 0. The van der Waals surface area contributed by atoms with Crippen molar-refractivity contribution in [3.8, 4) is 0 Å². The predicted octanol–water partition coefficient (Wildman–Crippen LogP) is 5.97. The molecule has 24 heavy (non-hydrogen) atoms. The lowest BCUT2D eigenvalue weighted by molar-refractivity contribution is -0.0366. The molecule has 2 atom stereocenters. The van der Waals surface area contributed by atoms with Crippen LogP contribution in [0.15, 0.2) is 66.2 Å². The van der Waals surface area contributed by atoms with E-state index in [0.717, 1.165) is 6.42 Å². The Morgan fingerprint density at radius 3 is 2.29 bits per heavy atom. The number of ether oxygens (including phenoxy) is 1. The second-order valence-electron chi connectivity index (χ2n) is 7.13. The molecule has 124 valence electrons. The van der Waals surface area contributed by atoms with Crippen molar-refractivity contribution >= 4 is 5.57 Å². The zero-order valence-corrected chi connectivity index (χ0v) is 14.5. The van der Waals surface area contributed by atoms with Crippen LogP contribution in [-0.4, -0.2) is 7.11 Å². The molecule has 2 aliphatic carbocycles. The molecule has 4 rings (SSSR count). The highest BCUT2D eigenvalue weighted by Crippen LogP contribution is 2.53. The minimum absolute atomic E-state index is 0.138. The van der Waals surface area contributed by atoms with Gasteiger partial charge < -0.3 is 4.74 Å². The Morgan fingerprint density at radius 2 is 1.58 bits per heavy atom. The smallest absolute Gasteiger partial charge is 0.0992 e. The van der Waals surface area contributed by atoms with Crippen LogP contribution in [0.4, 0.5) is 0 Å². The minimum Gasteiger partial charge on any atom is -0.373 e. The monoisotopic (exact) mass is 318 g/mol. The Hall–Kier alpha value is -1.86. The summed E-state index contributed by atoms with van der Waals surface area (Å²) < 4.78 is 6.26. The lowest BCUT2D eigenvalue weighted by Gasteiger charge is -2.36. The summed E-state index contributed by atoms with van der Waals surface area (Å²) in [5, 5.41) is 0. The molecule has 2 unspecified atom stereocenters. The van der Waals surface area contributed by atoms with Gasteiger partial charge in [0.1, 0.15) is 0 Å². The first-order valence-corrected chi connectivity index (χ1v) is 9.23. The fraction of sp³-hybridized carbons (Fsp3) is 0.391. The second-order valence-corrected chi connectivity index (χ2v) is 7.13. The van der Waals surface area contributed by atoms with Crippen LogP contribution in [-0.2, 0) is 10.3 Å². The molecule has 0 amide bonds. The molecular weight excluding hydrogens is 292 g/mol. The van der Waals surface area contributed by atoms with E-state index >= 15 is 0 Å². The zero-order valence-electron chi connectivity index (χ0n) is 14.5. The van der Waals surface area contributed by atoms with E-state index in [0.29, 0.717) is 5.92 Å². The van der Waals surface area contributed by atoms with Crippen LogP contribution >= 0.6 is 0 Å². The lowest BCUT2D eigenvalue weighted by Crippen LogP contribution is -2.34. The molecule has 1 nitrogen and oxygen atoms in total. The Bertz CT molecular complexity index is 716. The molecular formula is C23H26O. The predicted molar refractivity (Wildman–Crippen MR) is 99.7 cm³/mol. The summed E-state index contributed by atoms with van der Waals surface area (Å²) in [4.78, 5) is 0. The second kappa shape index (κ2) is 6.57. The number of hydrogen-bond donors (Lipinski definition) is 0. The van der Waals surface area contributed by atoms with Gasteiger partial charge in [0, 0.05) is 13.0 Å². The SMILES string of the molecule is COC1(c2ccccc2)CCCC1C1=C(c2ccccc2)CCC1. The average molecular weight is 318 g/mol. The highest BCUT2D eigenvalue weighted by atomic mass is 16.5. The quantitative estimate of drug-likeness (QED) is 0.675. The first-order valence-electron chi connectivity index (χ1n) is 9.23. The summed E-state index contributed by atoms with van der Waals surface area (Å²) in [5.41, 5.74) is 5.86. The lowest BCUT2D eigenvalue weighted by atomic mass is 9.77. The fourth-order valence-corrected chi connectivity index (χ4v) is 4.98. The summed E-state index contributed by atoms with van der Waals surface area (Å²) in [5.74, 6) is 0.516. The van der Waals surface area contributed by atoms with Gasteiger partial charge in [0.05, 0.1) is 5.60 Å². The molecule has 2 aliphatic rings. The van der Waals surface area contributed by atoms with Crippen molar-refractivity contribution in [1.29, 1.82) is 0 Å². The van der Waals surface area contributed by atoms with E-state index in [-0.39, 0.29) is 5.60 Å². The van der Waals surface area contributed by atoms with E-state index in [9.17, 15) is 0 Å². The fourth-order valence-electron chi connectivity index (χ4n) is 4.98. The topological polar surface area (TPSA) is 9.23 Å². The van der Waals surface area contributed by atoms with Gasteiger partial charge in [0.15, 0.2) is 0 Å². The molecule has 0 aromatic heterocycles. The van der Waals surface area contributed by atoms with Crippen LogP contribution in [0.25, 0.3) is 5.57 Å². The maximum atomic E-state index is 6.26. The van der Waals surface area contributed by atoms with E-state index in [1.54, 1.807) is 11.1 Å². The molecule has 0 bridgehead atoms. The summed E-state index contributed by atoms with van der Waals surface area (Å²) in [6.07, 6.45) is 7.35. The van der Waals surface area contributed by atoms with E-state index in [1.165, 1.54) is 43.2 Å². The van der Waals surface area contributed by atoms with Gasteiger partial charge in [-0.15, -0.1) is 0 Å². The number of allylic oxidation sites excluding steroid dienone is 1. The van der Waals surface area contributed by atoms with E-state index in [1.807, 2.05) is 7.11 Å². The van der Waals surface area contributed by atoms with Gasteiger partial charge >= 0.3 is 0 Å². The maximum Gasteiger partial charge on any atom is 0.0992 e. The maximum absolute atomic E-state index is 6.26. The van der Waals surface area contributed by atoms with Crippen molar-refractivity contribution in [3.63, 3.8) is 0 Å². The highest BCUT2D eigenvalue weighted by molar-refractivity contribution is 5.71. The molecule has 2 aromatic carbocycles. The normalized spacial score (nSPS) is 27.0. The first-order chi connectivity index (χ1) is 11.8. The van der Waals surface area contributed by atoms with E-state index in [2.05, 4.69) is 60.7 Å². The number of methoxy groups -OCH3 is 1. The van der Waals surface area contributed by atoms with Gasteiger partial charge in [0.2, 0.25) is 0 Å². The van der Waals surface area contributed by atoms with Crippen molar-refractivity contribution in [2.24, 2.45) is 5.92 Å². The molecule has 1 heteroatoms. The molecule has 1 fully saturated rings. The molecule has 0 radical (unpaired) electrons. The molecule has 0 N–H and O–H groups in total. The van der Waals surface area contributed by atoms with Gasteiger partial charge in [-0.1, -0.05) is 66.2 Å². The van der Waals surface area contributed by atoms with Crippen LogP contribution < -0.4 is 0 Å². The molecule has 0 heterocycles. The third-order valence-corrected chi connectivity index (χ3v) is 6.03. The van der Waals surface area contributed by atoms with Crippen molar-refractivity contribution in [2.45, 2.75) is 44.1 Å². The largest absolute Gasteiger partial charge is 0.373 e. The molecule has 1 saturated carbocycles. The minimum atomic E-state index is -0.138. The summed E-state index contributed by atoms with van der Waals surface area (Å²) >= 11 is 0. The van der Waals surface area contributed by atoms with Gasteiger partial charge in [-0.3, -0.25) is 0 Å². The van der Waals surface area contributed by atoms with E-state index in [4.69, 9.17) is 4.74 Å². The van der Waals surface area contributed by atoms with Gasteiger partial charge in [-0.2, -0.15) is 0 Å². The van der Waals surface area contributed by atoms with Gasteiger partial charge in [0.25, 0.3) is 0 Å². The third kappa shape index (κ3) is 2.52. The van der Waals surface area contributed by atoms with Crippen molar-refractivity contribution in [3.05, 3.63) is 77.4 Å². The summed E-state index contributed by atoms with van der Waals surface area (Å²) in [7, 11) is 1.91. The number of benzene rings is 2. The highest BCUT2D eigenvalue weighted by Gasteiger charge is 2.47. The van der Waals surface area contributed by atoms with Crippen LogP contribution in [0.2, 0.25) is 0 Å². The Balaban J connectivity index is 1.79.